The number of Topliss-reactive ketones (excluding diaryl/α,β-unsaturated/α-hetero) is 1. The smallest absolute Gasteiger partial charge is 0.318 e. The Morgan fingerprint density at radius 3 is 2.37 bits per heavy atom. The van der Waals surface area contributed by atoms with Gasteiger partial charge in [0.05, 0.1) is 0 Å². The Balaban J connectivity index is 0.00000324. The molecule has 0 aromatic rings. The monoisotopic (exact) mass is 291 g/mol. The Kier molecular flexibility index (Phi) is 6.49. The van der Waals surface area contributed by atoms with Gasteiger partial charge in [0.1, 0.15) is 17.3 Å². The third-order valence-corrected chi connectivity index (χ3v) is 2.78. The normalized spacial score (nSPS) is 20.3. The fourth-order valence-corrected chi connectivity index (χ4v) is 1.90. The van der Waals surface area contributed by atoms with Crippen molar-refractivity contribution in [2.24, 2.45) is 5.92 Å². The molecule has 0 aromatic heterocycles. The summed E-state index contributed by atoms with van der Waals surface area (Å²) in [5, 5.41) is 0. The van der Waals surface area contributed by atoms with Crippen molar-refractivity contribution < 1.29 is 19.1 Å². The number of esters is 1. The van der Waals surface area contributed by atoms with Crippen LogP contribution in [0.4, 0.5) is 0 Å². The van der Waals surface area contributed by atoms with Gasteiger partial charge in [0.25, 0.3) is 0 Å². The number of amides is 1. The molecule has 0 aromatic carbocycles. The maximum absolute atomic E-state index is 12.0. The topological polar surface area (TPSA) is 63.7 Å². The number of likely N-dealkylation sites (tertiary alicyclic amines) is 1. The van der Waals surface area contributed by atoms with Gasteiger partial charge in [-0.15, -0.1) is 12.4 Å². The third-order valence-electron chi connectivity index (χ3n) is 2.78. The lowest BCUT2D eigenvalue weighted by Crippen LogP contribution is -2.40. The largest absolute Gasteiger partial charge is 0.459 e. The first-order valence-electron chi connectivity index (χ1n) is 6.22. The van der Waals surface area contributed by atoms with Crippen molar-refractivity contribution in [3.8, 4) is 0 Å². The Labute approximate surface area is 120 Å². The van der Waals surface area contributed by atoms with Crippen molar-refractivity contribution in [3.05, 3.63) is 0 Å². The summed E-state index contributed by atoms with van der Waals surface area (Å²) in [7, 11) is 0. The van der Waals surface area contributed by atoms with Crippen LogP contribution < -0.4 is 0 Å². The average molecular weight is 292 g/mol. The summed E-state index contributed by atoms with van der Waals surface area (Å²) in [6.45, 7) is 7.39. The summed E-state index contributed by atoms with van der Waals surface area (Å²) in [4.78, 5) is 36.8. The minimum atomic E-state index is -0.837. The highest BCUT2D eigenvalue weighted by Crippen LogP contribution is 2.18. The molecular weight excluding hydrogens is 270 g/mol. The van der Waals surface area contributed by atoms with E-state index in [1.54, 1.807) is 25.7 Å². The van der Waals surface area contributed by atoms with E-state index in [0.717, 1.165) is 0 Å². The van der Waals surface area contributed by atoms with E-state index >= 15 is 0 Å². The molecule has 1 saturated heterocycles. The van der Waals surface area contributed by atoms with Gasteiger partial charge in [-0.1, -0.05) is 0 Å². The maximum atomic E-state index is 12.0. The molecule has 1 fully saturated rings. The maximum Gasteiger partial charge on any atom is 0.318 e. The highest BCUT2D eigenvalue weighted by molar-refractivity contribution is 6.00. The van der Waals surface area contributed by atoms with Crippen LogP contribution in [0.1, 0.15) is 40.5 Å². The molecule has 0 N–H and O–H groups in total. The molecule has 0 radical (unpaired) electrons. The number of carbonyl (C=O) groups excluding carboxylic acids is 3. The minimum absolute atomic E-state index is 0. The Hall–Kier alpha value is -1.10. The van der Waals surface area contributed by atoms with Gasteiger partial charge in [0, 0.05) is 26.4 Å². The molecule has 0 spiro atoms. The fourth-order valence-electron chi connectivity index (χ4n) is 1.90. The van der Waals surface area contributed by atoms with Crippen LogP contribution in [0.25, 0.3) is 0 Å². The van der Waals surface area contributed by atoms with Gasteiger partial charge in [-0.05, 0) is 27.2 Å². The van der Waals surface area contributed by atoms with E-state index < -0.39 is 17.5 Å². The summed E-state index contributed by atoms with van der Waals surface area (Å²) in [6.07, 6.45) is 0.936. The van der Waals surface area contributed by atoms with Crippen LogP contribution in [0.2, 0.25) is 0 Å². The molecule has 110 valence electrons. The Morgan fingerprint density at radius 1 is 1.32 bits per heavy atom. The van der Waals surface area contributed by atoms with Crippen LogP contribution in [-0.4, -0.2) is 41.3 Å². The zero-order valence-corrected chi connectivity index (χ0v) is 12.7. The molecule has 1 aliphatic rings. The summed E-state index contributed by atoms with van der Waals surface area (Å²) < 4.78 is 5.23. The van der Waals surface area contributed by atoms with Crippen LogP contribution in [0.3, 0.4) is 0 Å². The SMILES string of the molecule is CC(=O)N1CCCC(=O)C(C(=O)OC(C)(C)C)C1.Cl. The average Bonchev–Trinajstić information content (AvgIpc) is 2.37. The van der Waals surface area contributed by atoms with Gasteiger partial charge in [0.15, 0.2) is 0 Å². The van der Waals surface area contributed by atoms with Gasteiger partial charge >= 0.3 is 5.97 Å². The van der Waals surface area contributed by atoms with E-state index in [4.69, 9.17) is 4.74 Å². The number of nitrogens with zero attached hydrogens (tertiary/aromatic N) is 1. The first-order valence-corrected chi connectivity index (χ1v) is 6.22. The van der Waals surface area contributed by atoms with E-state index in [-0.39, 0.29) is 30.6 Å². The first-order chi connectivity index (χ1) is 8.20. The van der Waals surface area contributed by atoms with Gasteiger partial charge in [-0.3, -0.25) is 14.4 Å². The van der Waals surface area contributed by atoms with Crippen LogP contribution in [0.15, 0.2) is 0 Å². The lowest BCUT2D eigenvalue weighted by Gasteiger charge is -2.25. The van der Waals surface area contributed by atoms with Crippen LogP contribution in [0, 0.1) is 5.92 Å². The molecule has 1 amide bonds. The molecule has 6 heteroatoms. The fraction of sp³-hybridized carbons (Fsp3) is 0.769. The van der Waals surface area contributed by atoms with Crippen molar-refractivity contribution in [1.82, 2.24) is 4.90 Å². The van der Waals surface area contributed by atoms with Crippen molar-refractivity contribution in [2.75, 3.05) is 13.1 Å². The van der Waals surface area contributed by atoms with Gasteiger partial charge in [-0.2, -0.15) is 0 Å². The third kappa shape index (κ3) is 5.59. The number of rotatable bonds is 1. The lowest BCUT2D eigenvalue weighted by molar-refractivity contribution is -0.162. The second-order valence-electron chi connectivity index (χ2n) is 5.62. The summed E-state index contributed by atoms with van der Waals surface area (Å²) in [5.41, 5.74) is -0.620. The molecule has 0 saturated carbocycles. The highest BCUT2D eigenvalue weighted by Gasteiger charge is 2.34. The van der Waals surface area contributed by atoms with Gasteiger partial charge in [0.2, 0.25) is 5.91 Å². The second-order valence-corrected chi connectivity index (χ2v) is 5.62. The molecule has 1 heterocycles. The molecular formula is C13H22ClNO4. The minimum Gasteiger partial charge on any atom is -0.459 e. The highest BCUT2D eigenvalue weighted by atomic mass is 35.5. The Bertz CT molecular complexity index is 362. The molecule has 0 aliphatic carbocycles. The quantitative estimate of drug-likeness (QED) is 0.543. The standard InChI is InChI=1S/C13H21NO4.ClH/c1-9(15)14-7-5-6-11(16)10(8-14)12(17)18-13(2,3)4;/h10H,5-8H2,1-4H3;1H. The molecule has 0 bridgehead atoms. The number of hydrogen-bond acceptors (Lipinski definition) is 4. The predicted octanol–water partition coefficient (Wildman–Crippen LogP) is 1.58. The van der Waals surface area contributed by atoms with Crippen LogP contribution in [-0.2, 0) is 19.1 Å². The van der Waals surface area contributed by atoms with Crippen LogP contribution in [0.5, 0.6) is 0 Å². The zero-order valence-electron chi connectivity index (χ0n) is 11.9. The summed E-state index contributed by atoms with van der Waals surface area (Å²) >= 11 is 0. The van der Waals surface area contributed by atoms with E-state index in [2.05, 4.69) is 0 Å². The number of hydrogen-bond donors (Lipinski definition) is 0. The first kappa shape index (κ1) is 17.9. The molecule has 1 rings (SSSR count). The van der Waals surface area contributed by atoms with E-state index in [1.165, 1.54) is 6.92 Å². The van der Waals surface area contributed by atoms with Crippen LogP contribution >= 0.6 is 12.4 Å². The number of carbonyl (C=O) groups is 3. The second kappa shape index (κ2) is 6.89. The van der Waals surface area contributed by atoms with E-state index in [0.29, 0.717) is 19.4 Å². The molecule has 1 unspecified atom stereocenters. The number of ether oxygens (including phenoxy) is 1. The molecule has 1 atom stereocenters. The van der Waals surface area contributed by atoms with E-state index in [1.807, 2.05) is 0 Å². The summed E-state index contributed by atoms with van der Waals surface area (Å²) in [5.74, 6) is -1.61. The number of halogens is 1. The summed E-state index contributed by atoms with van der Waals surface area (Å²) in [6, 6.07) is 0. The van der Waals surface area contributed by atoms with E-state index in [9.17, 15) is 14.4 Å². The van der Waals surface area contributed by atoms with Gasteiger partial charge < -0.3 is 9.64 Å². The number of ketones is 1. The van der Waals surface area contributed by atoms with Crippen molar-refractivity contribution in [3.63, 3.8) is 0 Å². The zero-order chi connectivity index (χ0) is 13.9. The Morgan fingerprint density at radius 2 is 1.89 bits per heavy atom. The lowest BCUT2D eigenvalue weighted by atomic mass is 10.0. The van der Waals surface area contributed by atoms with Crippen molar-refractivity contribution in [1.29, 1.82) is 0 Å². The van der Waals surface area contributed by atoms with Gasteiger partial charge in [-0.25, -0.2) is 0 Å². The predicted molar refractivity (Wildman–Crippen MR) is 73.1 cm³/mol. The molecule has 1 aliphatic heterocycles. The van der Waals surface area contributed by atoms with Crippen molar-refractivity contribution >= 4 is 30.1 Å². The molecule has 5 nitrogen and oxygen atoms in total. The molecule has 19 heavy (non-hydrogen) atoms. The van der Waals surface area contributed by atoms with Crippen molar-refractivity contribution in [2.45, 2.75) is 46.1 Å².